The molecule has 2 aromatic rings. The Morgan fingerprint density at radius 1 is 1.28 bits per heavy atom. The first-order valence-electron chi connectivity index (χ1n) is 8.51. The van der Waals surface area contributed by atoms with Crippen LogP contribution >= 0.6 is 12.2 Å². The fraction of sp³-hybridized carbons (Fsp3) is 0.389. The molecule has 0 bridgehead atoms. The van der Waals surface area contributed by atoms with Crippen LogP contribution in [0.5, 0.6) is 5.88 Å². The van der Waals surface area contributed by atoms with Crippen LogP contribution in [0.3, 0.4) is 0 Å². The minimum atomic E-state index is -0.512. The largest absolute Gasteiger partial charge is 0.859 e. The zero-order valence-corrected chi connectivity index (χ0v) is 15.1. The topological polar surface area (TPSA) is 77.6 Å². The van der Waals surface area contributed by atoms with E-state index < -0.39 is 11.4 Å². The second-order valence-electron chi connectivity index (χ2n) is 6.45. The van der Waals surface area contributed by atoms with E-state index in [1.165, 1.54) is 55.7 Å². The molecule has 0 aliphatic carbocycles. The number of aromatic amines is 1. The summed E-state index contributed by atoms with van der Waals surface area (Å²) in [6.07, 6.45) is 5.28. The minimum Gasteiger partial charge on any atom is -0.859 e. The van der Waals surface area contributed by atoms with Gasteiger partial charge in [-0.15, -0.1) is 0 Å². The van der Waals surface area contributed by atoms with Crippen LogP contribution < -0.4 is 15.6 Å². The molecule has 0 spiro atoms. The molecule has 1 fully saturated rings. The van der Waals surface area contributed by atoms with Gasteiger partial charge in [0.2, 0.25) is 0 Å². The predicted octanol–water partition coefficient (Wildman–Crippen LogP) is 0.836. The molecular formula is C18H22N4O2S. The van der Waals surface area contributed by atoms with Crippen molar-refractivity contribution in [3.05, 3.63) is 50.5 Å². The summed E-state index contributed by atoms with van der Waals surface area (Å²) in [5.41, 5.74) is 1.46. The number of aromatic nitrogens is 2. The van der Waals surface area contributed by atoms with Gasteiger partial charge < -0.3 is 14.6 Å². The van der Waals surface area contributed by atoms with Crippen LogP contribution in [0.15, 0.2) is 34.1 Å². The van der Waals surface area contributed by atoms with Gasteiger partial charge in [0.1, 0.15) is 6.54 Å². The number of hydrogen-bond donors (Lipinski definition) is 2. The maximum atomic E-state index is 12.1. The lowest BCUT2D eigenvalue weighted by Crippen LogP contribution is -3.11. The van der Waals surface area contributed by atoms with Gasteiger partial charge in [-0.25, -0.2) is 0 Å². The van der Waals surface area contributed by atoms with E-state index in [9.17, 15) is 9.90 Å². The van der Waals surface area contributed by atoms with Gasteiger partial charge in [0.15, 0.2) is 4.77 Å². The summed E-state index contributed by atoms with van der Waals surface area (Å²) >= 11 is 4.91. The van der Waals surface area contributed by atoms with Crippen molar-refractivity contribution in [3.8, 4) is 5.88 Å². The molecule has 0 atom stereocenters. The first-order chi connectivity index (χ1) is 12.0. The highest BCUT2D eigenvalue weighted by atomic mass is 32.1. The zero-order valence-electron chi connectivity index (χ0n) is 14.2. The van der Waals surface area contributed by atoms with Gasteiger partial charge in [0, 0.05) is 18.8 Å². The van der Waals surface area contributed by atoms with Crippen molar-refractivity contribution >= 4 is 24.1 Å². The number of hydrogen-bond acceptors (Lipinski definition) is 4. The first-order valence-corrected chi connectivity index (χ1v) is 8.92. The van der Waals surface area contributed by atoms with Crippen molar-refractivity contribution in [1.29, 1.82) is 0 Å². The second kappa shape index (κ2) is 7.76. The lowest BCUT2D eigenvalue weighted by atomic mass is 10.1. The average Bonchev–Trinajstić information content (AvgIpc) is 2.62. The number of H-pyrrole nitrogens is 1. The molecule has 25 heavy (non-hydrogen) atoms. The number of piperidine rings is 1. The Kier molecular flexibility index (Phi) is 5.45. The SMILES string of the molecule is Cn1c([O-])c(C=Nc2ccc(C[NH+]3CCCCC3)cc2)c(=O)[nH]c1=S. The van der Waals surface area contributed by atoms with Crippen LogP contribution in [0.4, 0.5) is 5.69 Å². The number of quaternary nitrogens is 1. The van der Waals surface area contributed by atoms with Crippen LogP contribution in [-0.4, -0.2) is 28.9 Å². The summed E-state index contributed by atoms with van der Waals surface area (Å²) in [5, 5.41) is 12.1. The Morgan fingerprint density at radius 2 is 1.96 bits per heavy atom. The molecule has 1 aromatic carbocycles. The molecule has 2 N–H and O–H groups in total. The van der Waals surface area contributed by atoms with Crippen molar-refractivity contribution < 1.29 is 10.0 Å². The number of rotatable bonds is 4. The van der Waals surface area contributed by atoms with Gasteiger partial charge in [0.05, 0.1) is 24.3 Å². The summed E-state index contributed by atoms with van der Waals surface area (Å²) in [4.78, 5) is 20.2. The maximum Gasteiger partial charge on any atom is 0.259 e. The molecule has 1 aliphatic heterocycles. The average molecular weight is 358 g/mol. The molecule has 132 valence electrons. The Hall–Kier alpha value is -2.25. The number of aliphatic imine (C=N–C) groups is 1. The van der Waals surface area contributed by atoms with Gasteiger partial charge in [-0.2, -0.15) is 0 Å². The third kappa shape index (κ3) is 4.24. The van der Waals surface area contributed by atoms with E-state index in [4.69, 9.17) is 12.2 Å². The fourth-order valence-electron chi connectivity index (χ4n) is 3.09. The van der Waals surface area contributed by atoms with Gasteiger partial charge in [-0.1, -0.05) is 12.1 Å². The normalized spacial score (nSPS) is 15.7. The third-order valence-electron chi connectivity index (χ3n) is 4.60. The van der Waals surface area contributed by atoms with Crippen molar-refractivity contribution in [2.45, 2.75) is 25.8 Å². The molecule has 6 nitrogen and oxygen atoms in total. The van der Waals surface area contributed by atoms with Gasteiger partial charge in [-0.3, -0.25) is 14.8 Å². The molecule has 0 amide bonds. The van der Waals surface area contributed by atoms with E-state index >= 15 is 0 Å². The summed E-state index contributed by atoms with van der Waals surface area (Å²) < 4.78 is 1.33. The smallest absolute Gasteiger partial charge is 0.259 e. The van der Waals surface area contributed by atoms with Crippen LogP contribution in [0.25, 0.3) is 0 Å². The molecule has 3 rings (SSSR count). The predicted molar refractivity (Wildman–Crippen MR) is 98.3 cm³/mol. The molecule has 2 heterocycles. The van der Waals surface area contributed by atoms with Gasteiger partial charge >= 0.3 is 0 Å². The lowest BCUT2D eigenvalue weighted by molar-refractivity contribution is -0.918. The Bertz CT molecular complexity index is 877. The summed E-state index contributed by atoms with van der Waals surface area (Å²) in [5.74, 6) is -0.442. The van der Waals surface area contributed by atoms with Crippen LogP contribution in [-0.2, 0) is 13.6 Å². The van der Waals surface area contributed by atoms with Gasteiger partial charge in [-0.05, 0) is 49.5 Å². The van der Waals surface area contributed by atoms with E-state index in [-0.39, 0.29) is 10.3 Å². The van der Waals surface area contributed by atoms with Crippen LogP contribution in [0.1, 0.15) is 30.4 Å². The molecule has 0 saturated carbocycles. The fourth-order valence-corrected chi connectivity index (χ4v) is 3.26. The van der Waals surface area contributed by atoms with Crippen LogP contribution in [0.2, 0.25) is 0 Å². The summed E-state index contributed by atoms with van der Waals surface area (Å²) in [6.45, 7) is 3.51. The van der Waals surface area contributed by atoms with Crippen molar-refractivity contribution in [2.75, 3.05) is 13.1 Å². The highest BCUT2D eigenvalue weighted by Crippen LogP contribution is 2.14. The van der Waals surface area contributed by atoms with Crippen molar-refractivity contribution in [1.82, 2.24) is 9.55 Å². The van der Waals surface area contributed by atoms with E-state index in [1.807, 2.05) is 12.1 Å². The van der Waals surface area contributed by atoms with Gasteiger partial charge in [0.25, 0.3) is 5.56 Å². The molecule has 0 unspecified atom stereocenters. The highest BCUT2D eigenvalue weighted by molar-refractivity contribution is 7.71. The quantitative estimate of drug-likeness (QED) is 0.628. The molecule has 7 heteroatoms. The third-order valence-corrected chi connectivity index (χ3v) is 4.97. The van der Waals surface area contributed by atoms with E-state index in [0.717, 1.165) is 6.54 Å². The minimum absolute atomic E-state index is 0.0158. The zero-order chi connectivity index (χ0) is 17.8. The second-order valence-corrected chi connectivity index (χ2v) is 6.84. The number of nitrogens with one attached hydrogen (secondary N) is 2. The first kappa shape index (κ1) is 17.6. The molecular weight excluding hydrogens is 336 g/mol. The molecule has 0 radical (unpaired) electrons. The maximum absolute atomic E-state index is 12.1. The monoisotopic (exact) mass is 358 g/mol. The van der Waals surface area contributed by atoms with Crippen LogP contribution in [0, 0.1) is 4.77 Å². The Labute approximate surface area is 151 Å². The highest BCUT2D eigenvalue weighted by Gasteiger charge is 2.13. The van der Waals surface area contributed by atoms with Crippen molar-refractivity contribution in [3.63, 3.8) is 0 Å². The Morgan fingerprint density at radius 3 is 2.64 bits per heavy atom. The number of nitrogens with zero attached hydrogens (tertiary/aromatic N) is 2. The standard InChI is InChI=1S/C18H22N4O2S/c1-21-17(24)15(16(23)20-18(21)25)11-19-14-7-5-13(6-8-14)12-22-9-3-2-4-10-22/h5-8,11,24H,2-4,9-10,12H2,1H3,(H,20,23,25). The van der Waals surface area contributed by atoms with E-state index in [1.54, 1.807) is 4.90 Å². The lowest BCUT2D eigenvalue weighted by Gasteiger charge is -2.23. The van der Waals surface area contributed by atoms with E-state index in [0.29, 0.717) is 5.69 Å². The molecule has 1 aromatic heterocycles. The molecule has 1 saturated heterocycles. The number of likely N-dealkylation sites (tertiary alicyclic amines) is 1. The number of benzene rings is 1. The van der Waals surface area contributed by atoms with Crippen molar-refractivity contribution in [2.24, 2.45) is 12.0 Å². The Balaban J connectivity index is 1.73. The van der Waals surface area contributed by atoms with E-state index in [2.05, 4.69) is 22.1 Å². The summed E-state index contributed by atoms with van der Waals surface area (Å²) in [7, 11) is 1.52. The summed E-state index contributed by atoms with van der Waals surface area (Å²) in [6, 6.07) is 7.94. The molecule has 1 aliphatic rings.